The van der Waals surface area contributed by atoms with Gasteiger partial charge >= 0.3 is 0 Å². The van der Waals surface area contributed by atoms with Crippen molar-refractivity contribution in [3.63, 3.8) is 0 Å². The van der Waals surface area contributed by atoms with Crippen molar-refractivity contribution in [2.24, 2.45) is 0 Å². The molecule has 0 aromatic carbocycles. The molecule has 0 fully saturated rings. The Morgan fingerprint density at radius 1 is 1.21 bits per heavy atom. The van der Waals surface area contributed by atoms with Crippen molar-refractivity contribution in [2.75, 3.05) is 5.73 Å². The lowest BCUT2D eigenvalue weighted by Crippen LogP contribution is -1.86. The molecule has 0 atom stereocenters. The Morgan fingerprint density at radius 3 is 2.36 bits per heavy atom. The third-order valence-corrected chi connectivity index (χ3v) is 2.01. The largest absolute Gasteiger partial charge is 0.394 e. The molecule has 2 rings (SSSR count). The second kappa shape index (κ2) is 3.48. The van der Waals surface area contributed by atoms with Gasteiger partial charge in [-0.05, 0) is 12.1 Å². The molecule has 2 N–H and O–H groups in total. The van der Waals surface area contributed by atoms with Crippen LogP contribution in [0.1, 0.15) is 0 Å². The van der Waals surface area contributed by atoms with Gasteiger partial charge in [-0.1, -0.05) is 28.4 Å². The first-order chi connectivity index (χ1) is 6.66. The van der Waals surface area contributed by atoms with E-state index in [1.165, 1.54) is 6.20 Å². The fourth-order valence-corrected chi connectivity index (χ4v) is 1.52. The van der Waals surface area contributed by atoms with Gasteiger partial charge in [0.05, 0.1) is 6.20 Å². The number of nitrogens with zero attached hydrogens (tertiary/aromatic N) is 2. The van der Waals surface area contributed by atoms with Crippen LogP contribution in [-0.4, -0.2) is 10.1 Å². The molecule has 0 saturated heterocycles. The minimum absolute atomic E-state index is 0.281. The number of hydrogen-bond acceptors (Lipinski definition) is 4. The van der Waals surface area contributed by atoms with E-state index in [1.54, 1.807) is 12.1 Å². The predicted molar refractivity (Wildman–Crippen MR) is 54.2 cm³/mol. The van der Waals surface area contributed by atoms with E-state index >= 15 is 0 Å². The molecule has 2 aromatic rings. The van der Waals surface area contributed by atoms with Gasteiger partial charge in [-0.15, -0.1) is 0 Å². The number of rotatable bonds is 1. The van der Waals surface area contributed by atoms with E-state index in [9.17, 15) is 0 Å². The van der Waals surface area contributed by atoms with Gasteiger partial charge in [0.25, 0.3) is 0 Å². The van der Waals surface area contributed by atoms with Crippen LogP contribution in [0, 0.1) is 0 Å². The first-order valence-electron chi connectivity index (χ1n) is 3.70. The summed E-state index contributed by atoms with van der Waals surface area (Å²) in [5, 5.41) is 4.11. The third-order valence-electron chi connectivity index (χ3n) is 1.62. The smallest absolute Gasteiger partial charge is 0.189 e. The summed E-state index contributed by atoms with van der Waals surface area (Å²) < 4.78 is 4.94. The molecule has 0 amide bonds. The third kappa shape index (κ3) is 1.66. The lowest BCUT2D eigenvalue weighted by molar-refractivity contribution is 0.432. The number of halogens is 2. The van der Waals surface area contributed by atoms with Crippen LogP contribution >= 0.6 is 23.2 Å². The van der Waals surface area contributed by atoms with E-state index in [4.69, 9.17) is 33.5 Å². The number of nitrogen functional groups attached to an aromatic ring is 1. The zero-order valence-electron chi connectivity index (χ0n) is 6.87. The molecule has 2 aromatic heterocycles. The molecule has 0 unspecified atom stereocenters. The highest BCUT2D eigenvalue weighted by molar-refractivity contribution is 6.32. The SMILES string of the molecule is Nc1cnoc1-c1cc(Cl)nc(Cl)c1. The van der Waals surface area contributed by atoms with Crippen molar-refractivity contribution in [3.05, 3.63) is 28.6 Å². The second-order valence-corrected chi connectivity index (χ2v) is 3.39. The highest BCUT2D eigenvalue weighted by Crippen LogP contribution is 2.28. The van der Waals surface area contributed by atoms with Gasteiger partial charge in [0.15, 0.2) is 5.76 Å². The molecule has 0 aliphatic carbocycles. The molecular weight excluding hydrogens is 225 g/mol. The Labute approximate surface area is 89.6 Å². The summed E-state index contributed by atoms with van der Waals surface area (Å²) in [6, 6.07) is 3.20. The summed E-state index contributed by atoms with van der Waals surface area (Å²) in [4.78, 5) is 3.80. The summed E-state index contributed by atoms with van der Waals surface area (Å²) in [6.07, 6.45) is 1.41. The highest BCUT2D eigenvalue weighted by Gasteiger charge is 2.09. The Bertz CT molecular complexity index is 449. The van der Waals surface area contributed by atoms with Crippen LogP contribution in [-0.2, 0) is 0 Å². The van der Waals surface area contributed by atoms with Gasteiger partial charge in [0.1, 0.15) is 16.0 Å². The molecule has 72 valence electrons. The lowest BCUT2D eigenvalue weighted by Gasteiger charge is -1.98. The monoisotopic (exact) mass is 229 g/mol. The van der Waals surface area contributed by atoms with Crippen molar-refractivity contribution in [2.45, 2.75) is 0 Å². The lowest BCUT2D eigenvalue weighted by atomic mass is 10.2. The predicted octanol–water partition coefficient (Wildman–Crippen LogP) is 2.63. The van der Waals surface area contributed by atoms with Crippen LogP contribution in [0.2, 0.25) is 10.3 Å². The average Bonchev–Trinajstić information content (AvgIpc) is 2.49. The molecule has 0 spiro atoms. The molecule has 0 bridgehead atoms. The molecule has 0 aliphatic heterocycles. The standard InChI is InChI=1S/C8H5Cl2N3O/c9-6-1-4(2-7(10)13-6)8-5(11)3-12-14-8/h1-3H,11H2. The molecule has 0 aliphatic rings. The van der Waals surface area contributed by atoms with Gasteiger partial charge in [0.2, 0.25) is 0 Å². The molecule has 4 nitrogen and oxygen atoms in total. The Morgan fingerprint density at radius 2 is 1.86 bits per heavy atom. The Kier molecular flexibility index (Phi) is 2.31. The average molecular weight is 230 g/mol. The second-order valence-electron chi connectivity index (χ2n) is 2.61. The molecule has 2 heterocycles. The van der Waals surface area contributed by atoms with Crippen LogP contribution in [0.25, 0.3) is 11.3 Å². The van der Waals surface area contributed by atoms with Crippen LogP contribution < -0.4 is 5.73 Å². The van der Waals surface area contributed by atoms with Crippen LogP contribution in [0.5, 0.6) is 0 Å². The van der Waals surface area contributed by atoms with E-state index in [1.807, 2.05) is 0 Å². The summed E-state index contributed by atoms with van der Waals surface area (Å²) >= 11 is 11.4. The number of hydrogen-bond donors (Lipinski definition) is 1. The fraction of sp³-hybridized carbons (Fsp3) is 0. The Hall–Kier alpha value is -1.26. The van der Waals surface area contributed by atoms with Gasteiger partial charge in [-0.2, -0.15) is 0 Å². The van der Waals surface area contributed by atoms with Gasteiger partial charge in [-0.25, -0.2) is 4.98 Å². The topological polar surface area (TPSA) is 64.9 Å². The van der Waals surface area contributed by atoms with E-state index in [0.717, 1.165) is 0 Å². The summed E-state index contributed by atoms with van der Waals surface area (Å²) in [5.41, 5.74) is 6.70. The van der Waals surface area contributed by atoms with Crippen molar-refractivity contribution in [1.29, 1.82) is 0 Å². The van der Waals surface area contributed by atoms with Gasteiger partial charge < -0.3 is 10.3 Å². The van der Waals surface area contributed by atoms with E-state index in [-0.39, 0.29) is 10.3 Å². The maximum absolute atomic E-state index is 5.72. The number of pyridine rings is 1. The van der Waals surface area contributed by atoms with Crippen molar-refractivity contribution < 1.29 is 4.52 Å². The van der Waals surface area contributed by atoms with Crippen LogP contribution in [0.15, 0.2) is 22.9 Å². The number of aromatic nitrogens is 2. The first-order valence-corrected chi connectivity index (χ1v) is 4.46. The molecular formula is C8H5Cl2N3O. The van der Waals surface area contributed by atoms with E-state index in [2.05, 4.69) is 10.1 Å². The maximum Gasteiger partial charge on any atom is 0.189 e. The number of anilines is 1. The first kappa shape index (κ1) is 9.30. The van der Waals surface area contributed by atoms with E-state index < -0.39 is 0 Å². The normalized spacial score (nSPS) is 10.4. The minimum atomic E-state index is 0.281. The molecule has 0 saturated carbocycles. The summed E-state index contributed by atoms with van der Waals surface area (Å²) in [6.45, 7) is 0. The minimum Gasteiger partial charge on any atom is -0.394 e. The zero-order valence-corrected chi connectivity index (χ0v) is 8.38. The van der Waals surface area contributed by atoms with Crippen molar-refractivity contribution in [1.82, 2.24) is 10.1 Å². The van der Waals surface area contributed by atoms with Crippen LogP contribution in [0.4, 0.5) is 5.69 Å². The Balaban J connectivity index is 2.57. The quantitative estimate of drug-likeness (QED) is 0.764. The summed E-state index contributed by atoms with van der Waals surface area (Å²) in [7, 11) is 0. The van der Waals surface area contributed by atoms with Crippen molar-refractivity contribution >= 4 is 28.9 Å². The molecule has 0 radical (unpaired) electrons. The van der Waals surface area contributed by atoms with E-state index in [0.29, 0.717) is 17.0 Å². The maximum atomic E-state index is 5.72. The van der Waals surface area contributed by atoms with Gasteiger partial charge in [0, 0.05) is 5.56 Å². The zero-order chi connectivity index (χ0) is 10.1. The molecule has 6 heteroatoms. The highest BCUT2D eigenvalue weighted by atomic mass is 35.5. The fourth-order valence-electron chi connectivity index (χ4n) is 1.06. The summed E-state index contributed by atoms with van der Waals surface area (Å²) in [5.74, 6) is 0.441. The number of nitrogens with two attached hydrogens (primary N) is 1. The van der Waals surface area contributed by atoms with Crippen molar-refractivity contribution in [3.8, 4) is 11.3 Å². The van der Waals surface area contributed by atoms with Crippen LogP contribution in [0.3, 0.4) is 0 Å². The molecule has 14 heavy (non-hydrogen) atoms. The van der Waals surface area contributed by atoms with Gasteiger partial charge in [-0.3, -0.25) is 0 Å².